The number of aromatic hydroxyl groups is 1. The first kappa shape index (κ1) is 22.9. The lowest BCUT2D eigenvalue weighted by atomic mass is 9.43. The molecule has 2 N–H and O–H groups in total. The fourth-order valence-electron chi connectivity index (χ4n) is 10.3. The predicted octanol–water partition coefficient (Wildman–Crippen LogP) is 4.63. The van der Waals surface area contributed by atoms with Gasteiger partial charge in [-0.3, -0.25) is 9.69 Å². The lowest BCUT2D eigenvalue weighted by molar-refractivity contribution is -0.100. The molecule has 5 heteroatoms. The number of fused-ring (bicyclic) bond motifs is 1. The Morgan fingerprint density at radius 3 is 2.87 bits per heavy atom. The number of amides is 1. The lowest BCUT2D eigenvalue weighted by Crippen LogP contribution is -2.69. The number of phenolic OH excluding ortho intramolecular Hbond substituents is 1. The minimum absolute atomic E-state index is 0.0604. The number of dihydropyridines is 1. The van der Waals surface area contributed by atoms with Gasteiger partial charge in [0.1, 0.15) is 5.75 Å². The molecule has 3 aliphatic carbocycles. The second-order valence-electron chi connectivity index (χ2n) is 12.6. The van der Waals surface area contributed by atoms with Gasteiger partial charge in [-0.2, -0.15) is 0 Å². The molecule has 2 aromatic carbocycles. The van der Waals surface area contributed by atoms with Crippen LogP contribution in [0.5, 0.6) is 5.75 Å². The molecule has 3 heterocycles. The van der Waals surface area contributed by atoms with Crippen molar-refractivity contribution >= 4 is 5.91 Å². The number of benzene rings is 2. The zero-order chi connectivity index (χ0) is 25.5. The van der Waals surface area contributed by atoms with Crippen molar-refractivity contribution in [3.63, 3.8) is 0 Å². The predicted molar refractivity (Wildman–Crippen MR) is 148 cm³/mol. The van der Waals surface area contributed by atoms with Gasteiger partial charge < -0.3 is 15.3 Å². The number of carbonyl (C=O) groups excluding carboxylic acids is 1. The third kappa shape index (κ3) is 2.94. The molecular formula is C33H37N3O2. The van der Waals surface area contributed by atoms with Gasteiger partial charge in [0.15, 0.2) is 0 Å². The molecule has 0 radical (unpaired) electrons. The molecular weight excluding hydrogens is 470 g/mol. The lowest BCUT2D eigenvalue weighted by Gasteiger charge is -2.66. The molecule has 2 saturated heterocycles. The third-order valence-electron chi connectivity index (χ3n) is 11.4. The van der Waals surface area contributed by atoms with Crippen LogP contribution in [0.15, 0.2) is 72.5 Å². The van der Waals surface area contributed by atoms with Crippen molar-refractivity contribution < 1.29 is 9.90 Å². The van der Waals surface area contributed by atoms with Gasteiger partial charge in [-0.15, -0.1) is 0 Å². The Bertz CT molecular complexity index is 1350. The Hall–Kier alpha value is -3.05. The van der Waals surface area contributed by atoms with E-state index >= 15 is 0 Å². The number of nitrogens with one attached hydrogen (secondary N) is 1. The molecule has 0 aromatic heterocycles. The van der Waals surface area contributed by atoms with E-state index in [4.69, 9.17) is 0 Å². The summed E-state index contributed by atoms with van der Waals surface area (Å²) < 4.78 is 0. The number of phenols is 1. The van der Waals surface area contributed by atoms with Crippen molar-refractivity contribution in [2.75, 3.05) is 26.2 Å². The quantitative estimate of drug-likeness (QED) is 0.634. The highest BCUT2D eigenvalue weighted by atomic mass is 16.3. The molecule has 3 aliphatic heterocycles. The molecule has 6 atom stereocenters. The van der Waals surface area contributed by atoms with E-state index in [2.05, 4.69) is 45.5 Å². The fourth-order valence-corrected chi connectivity index (χ4v) is 10.3. The summed E-state index contributed by atoms with van der Waals surface area (Å²) in [6.45, 7) is 4.02. The largest absolute Gasteiger partial charge is 0.508 e. The standard InChI is InChI=1S/C33H37N3O2/c37-26-10-9-23-18-29-32-13-11-28-30(24(20-32)21-36(28)31(38)22-6-2-1-3-7-22)33(32,27(23)19-26)14-17-35(29)16-12-25-8-4-5-15-34-25/h1-10,19,24,28-30,34,37H,11-18,20-21H2/t24-,28?,29?,30?,32?,33?/m1/s1. The van der Waals surface area contributed by atoms with Crippen LogP contribution in [0.1, 0.15) is 53.6 Å². The molecule has 0 spiro atoms. The summed E-state index contributed by atoms with van der Waals surface area (Å²) in [5.74, 6) is 1.63. The summed E-state index contributed by atoms with van der Waals surface area (Å²) in [5, 5.41) is 14.2. The maximum Gasteiger partial charge on any atom is 0.254 e. The van der Waals surface area contributed by atoms with Crippen LogP contribution in [0.2, 0.25) is 0 Å². The van der Waals surface area contributed by atoms with E-state index in [-0.39, 0.29) is 16.7 Å². The molecule has 4 fully saturated rings. The number of hydrogen-bond donors (Lipinski definition) is 2. The summed E-state index contributed by atoms with van der Waals surface area (Å²) in [5.41, 5.74) is 5.32. The van der Waals surface area contributed by atoms with Gasteiger partial charge in [0.25, 0.3) is 5.91 Å². The molecule has 8 rings (SSSR count). The summed E-state index contributed by atoms with van der Waals surface area (Å²) in [6.07, 6.45) is 13.4. The van der Waals surface area contributed by atoms with Crippen LogP contribution in [0.4, 0.5) is 0 Å². The topological polar surface area (TPSA) is 55.8 Å². The number of allylic oxidation sites excluding steroid dienone is 2. The van der Waals surface area contributed by atoms with E-state index in [1.807, 2.05) is 36.4 Å². The highest BCUT2D eigenvalue weighted by molar-refractivity contribution is 5.94. The monoisotopic (exact) mass is 507 g/mol. The van der Waals surface area contributed by atoms with Crippen LogP contribution < -0.4 is 5.32 Å². The maximum absolute atomic E-state index is 13.7. The molecule has 5 nitrogen and oxygen atoms in total. The molecule has 4 bridgehead atoms. The zero-order valence-corrected chi connectivity index (χ0v) is 22.0. The molecule has 2 aromatic rings. The first-order valence-electron chi connectivity index (χ1n) is 14.6. The molecule has 38 heavy (non-hydrogen) atoms. The van der Waals surface area contributed by atoms with Crippen molar-refractivity contribution in [3.8, 4) is 5.75 Å². The van der Waals surface area contributed by atoms with Crippen molar-refractivity contribution in [1.29, 1.82) is 0 Å². The van der Waals surface area contributed by atoms with Gasteiger partial charge in [0.2, 0.25) is 0 Å². The number of nitrogens with zero attached hydrogens (tertiary/aromatic N) is 2. The second-order valence-corrected chi connectivity index (χ2v) is 12.6. The Balaban J connectivity index is 1.18. The average Bonchev–Trinajstić information content (AvgIpc) is 3.40. The first-order chi connectivity index (χ1) is 18.6. The number of hydrogen-bond acceptors (Lipinski definition) is 4. The number of carbonyl (C=O) groups is 1. The van der Waals surface area contributed by atoms with Crippen LogP contribution in [-0.4, -0.2) is 59.1 Å². The fraction of sp³-hybridized carbons (Fsp3) is 0.485. The van der Waals surface area contributed by atoms with Crippen molar-refractivity contribution in [2.45, 2.75) is 56.0 Å². The van der Waals surface area contributed by atoms with Crippen LogP contribution >= 0.6 is 0 Å². The van der Waals surface area contributed by atoms with Gasteiger partial charge in [-0.25, -0.2) is 0 Å². The van der Waals surface area contributed by atoms with Crippen LogP contribution in [0, 0.1) is 17.3 Å². The molecule has 6 aliphatic rings. The van der Waals surface area contributed by atoms with Gasteiger partial charge in [0, 0.05) is 48.4 Å². The first-order valence-corrected chi connectivity index (χ1v) is 14.6. The minimum atomic E-state index is 0.0604. The summed E-state index contributed by atoms with van der Waals surface area (Å²) >= 11 is 0. The Morgan fingerprint density at radius 2 is 2.03 bits per heavy atom. The summed E-state index contributed by atoms with van der Waals surface area (Å²) in [4.78, 5) is 18.8. The highest BCUT2D eigenvalue weighted by Gasteiger charge is 2.76. The van der Waals surface area contributed by atoms with Gasteiger partial charge in [-0.1, -0.05) is 36.4 Å². The average molecular weight is 508 g/mol. The van der Waals surface area contributed by atoms with Gasteiger partial charge >= 0.3 is 0 Å². The molecule has 2 saturated carbocycles. The third-order valence-corrected chi connectivity index (χ3v) is 11.4. The van der Waals surface area contributed by atoms with Crippen molar-refractivity contribution in [1.82, 2.24) is 15.1 Å². The maximum atomic E-state index is 13.7. The normalized spacial score (nSPS) is 36.3. The van der Waals surface area contributed by atoms with E-state index in [1.54, 1.807) is 0 Å². The number of rotatable bonds is 4. The SMILES string of the molecule is O=C(c1ccccc1)N1C[C@H]2CC34CCC1C2C31CCN(CCC2=CC=CCN2)C4Cc2ccc(O)cc21. The Kier molecular flexibility index (Phi) is 4.95. The zero-order valence-electron chi connectivity index (χ0n) is 22.0. The van der Waals surface area contributed by atoms with E-state index in [9.17, 15) is 9.90 Å². The van der Waals surface area contributed by atoms with Gasteiger partial charge in [-0.05, 0) is 104 Å². The number of piperidine rings is 1. The van der Waals surface area contributed by atoms with Crippen LogP contribution in [0.3, 0.4) is 0 Å². The van der Waals surface area contributed by atoms with Crippen molar-refractivity contribution in [2.24, 2.45) is 17.3 Å². The van der Waals surface area contributed by atoms with E-state index in [1.165, 1.54) is 29.7 Å². The minimum Gasteiger partial charge on any atom is -0.508 e. The molecule has 1 amide bonds. The molecule has 5 unspecified atom stereocenters. The van der Waals surface area contributed by atoms with Crippen molar-refractivity contribution in [3.05, 3.63) is 89.1 Å². The van der Waals surface area contributed by atoms with E-state index in [0.29, 0.717) is 29.7 Å². The van der Waals surface area contributed by atoms with Crippen LogP contribution in [0.25, 0.3) is 0 Å². The van der Waals surface area contributed by atoms with E-state index in [0.717, 1.165) is 57.4 Å². The summed E-state index contributed by atoms with van der Waals surface area (Å²) in [7, 11) is 0. The molecule has 196 valence electrons. The Morgan fingerprint density at radius 1 is 1.13 bits per heavy atom. The van der Waals surface area contributed by atoms with E-state index < -0.39 is 0 Å². The van der Waals surface area contributed by atoms with Gasteiger partial charge in [0.05, 0.1) is 0 Å². The number of likely N-dealkylation sites (tertiary alicyclic amines) is 2. The highest BCUT2D eigenvalue weighted by Crippen LogP contribution is 2.75. The second kappa shape index (κ2) is 8.22. The van der Waals surface area contributed by atoms with Crippen LogP contribution in [-0.2, 0) is 11.8 Å². The summed E-state index contributed by atoms with van der Waals surface area (Å²) in [6, 6.07) is 16.9. The Labute approximate surface area is 225 Å². The smallest absolute Gasteiger partial charge is 0.254 e.